The molecule has 0 bridgehead atoms. The number of Topliss-reactive ketones (excluding diaryl/α,β-unsaturated/α-hetero) is 1. The van der Waals surface area contributed by atoms with E-state index in [0.717, 1.165) is 24.8 Å². The van der Waals surface area contributed by atoms with Gasteiger partial charge in [-0.05, 0) is 53.2 Å². The summed E-state index contributed by atoms with van der Waals surface area (Å²) in [6, 6.07) is 8.60. The number of benzene rings is 1. The summed E-state index contributed by atoms with van der Waals surface area (Å²) in [6.45, 7) is 13.7. The quantitative estimate of drug-likeness (QED) is 0.579. The van der Waals surface area contributed by atoms with Crippen LogP contribution in [0.1, 0.15) is 70.6 Å². The first kappa shape index (κ1) is 18.6. The molecule has 0 aliphatic heterocycles. The van der Waals surface area contributed by atoms with Crippen LogP contribution in [0.25, 0.3) is 5.57 Å². The average molecular weight is 357 g/mol. The molecule has 0 radical (unpaired) electrons. The molecule has 2 aliphatic carbocycles. The van der Waals surface area contributed by atoms with E-state index in [9.17, 15) is 4.79 Å². The summed E-state index contributed by atoms with van der Waals surface area (Å²) in [4.78, 5) is 12.7. The van der Waals surface area contributed by atoms with Gasteiger partial charge in [0.15, 0.2) is 14.1 Å². The van der Waals surface area contributed by atoms with Crippen molar-refractivity contribution in [1.29, 1.82) is 0 Å². The standard InChI is InChI=1S/C22H32O2Si/c1-7-8-11-17-19(23)14-18-20(17)15-12-9-10-13-16(15)21(18)24-25(5,6)22(2,3)4/h9-10,12-13,18,21H,7-8,11,14H2,1-6H3. The van der Waals surface area contributed by atoms with E-state index in [2.05, 4.69) is 65.1 Å². The van der Waals surface area contributed by atoms with Crippen molar-refractivity contribution < 1.29 is 9.22 Å². The van der Waals surface area contributed by atoms with Crippen LogP contribution in [-0.4, -0.2) is 14.1 Å². The molecule has 136 valence electrons. The Morgan fingerprint density at radius 2 is 1.88 bits per heavy atom. The van der Waals surface area contributed by atoms with Crippen molar-refractivity contribution in [1.82, 2.24) is 0 Å². The van der Waals surface area contributed by atoms with E-state index >= 15 is 0 Å². The second-order valence-corrected chi connectivity index (χ2v) is 13.9. The lowest BCUT2D eigenvalue weighted by atomic mass is 9.98. The Morgan fingerprint density at radius 1 is 1.20 bits per heavy atom. The summed E-state index contributed by atoms with van der Waals surface area (Å²) < 4.78 is 6.86. The number of carbonyl (C=O) groups excluding carboxylic acids is 1. The zero-order chi connectivity index (χ0) is 18.4. The fraction of sp³-hybridized carbons (Fsp3) is 0.591. The average Bonchev–Trinajstić information content (AvgIpc) is 2.99. The van der Waals surface area contributed by atoms with E-state index in [1.54, 1.807) is 0 Å². The van der Waals surface area contributed by atoms with Gasteiger partial charge >= 0.3 is 0 Å². The molecular weight excluding hydrogens is 324 g/mol. The van der Waals surface area contributed by atoms with Gasteiger partial charge in [-0.25, -0.2) is 0 Å². The Hall–Kier alpha value is -1.19. The van der Waals surface area contributed by atoms with Crippen LogP contribution in [-0.2, 0) is 9.22 Å². The molecule has 0 spiro atoms. The van der Waals surface area contributed by atoms with E-state index in [0.29, 0.717) is 12.2 Å². The predicted octanol–water partition coefficient (Wildman–Crippen LogP) is 6.30. The molecule has 0 saturated heterocycles. The van der Waals surface area contributed by atoms with Crippen LogP contribution >= 0.6 is 0 Å². The fourth-order valence-electron chi connectivity index (χ4n) is 3.89. The summed E-state index contributed by atoms with van der Waals surface area (Å²) in [5.74, 6) is 0.581. The number of ketones is 1. The van der Waals surface area contributed by atoms with Crippen molar-refractivity contribution in [2.75, 3.05) is 0 Å². The molecule has 0 saturated carbocycles. The molecule has 3 heteroatoms. The first-order valence-corrected chi connectivity index (χ1v) is 12.6. The number of fused-ring (bicyclic) bond motifs is 3. The molecule has 0 aromatic heterocycles. The SMILES string of the molecule is CCCCC1=C2c3ccccc3C(O[Si](C)(C)C(C)(C)C)C2CC1=O. The molecular formula is C22H32O2Si. The molecule has 1 aromatic carbocycles. The van der Waals surface area contributed by atoms with Gasteiger partial charge in [0.2, 0.25) is 0 Å². The number of unbranched alkanes of at least 4 members (excludes halogenated alkanes) is 1. The Morgan fingerprint density at radius 3 is 2.52 bits per heavy atom. The Kier molecular flexibility index (Phi) is 4.84. The number of rotatable bonds is 5. The van der Waals surface area contributed by atoms with E-state index in [1.807, 2.05) is 0 Å². The lowest BCUT2D eigenvalue weighted by molar-refractivity contribution is -0.116. The van der Waals surface area contributed by atoms with E-state index in [4.69, 9.17) is 4.43 Å². The molecule has 2 aliphatic rings. The number of carbonyl (C=O) groups is 1. The molecule has 2 nitrogen and oxygen atoms in total. The van der Waals surface area contributed by atoms with Crippen molar-refractivity contribution in [3.05, 3.63) is 41.0 Å². The van der Waals surface area contributed by atoms with Gasteiger partial charge in [0, 0.05) is 12.3 Å². The smallest absolute Gasteiger partial charge is 0.192 e. The van der Waals surface area contributed by atoms with Crippen molar-refractivity contribution in [3.8, 4) is 0 Å². The van der Waals surface area contributed by atoms with Gasteiger partial charge in [0.25, 0.3) is 0 Å². The monoisotopic (exact) mass is 356 g/mol. The van der Waals surface area contributed by atoms with Gasteiger partial charge in [-0.3, -0.25) is 4.79 Å². The van der Waals surface area contributed by atoms with Gasteiger partial charge in [-0.2, -0.15) is 0 Å². The topological polar surface area (TPSA) is 26.3 Å². The maximum Gasteiger partial charge on any atom is 0.192 e. The van der Waals surface area contributed by atoms with E-state index < -0.39 is 8.32 Å². The van der Waals surface area contributed by atoms with Crippen LogP contribution in [0.4, 0.5) is 0 Å². The molecule has 0 N–H and O–H groups in total. The van der Waals surface area contributed by atoms with Crippen LogP contribution in [0.5, 0.6) is 0 Å². The third kappa shape index (κ3) is 3.17. The predicted molar refractivity (Wildman–Crippen MR) is 107 cm³/mol. The molecule has 3 rings (SSSR count). The van der Waals surface area contributed by atoms with Gasteiger partial charge in [-0.1, -0.05) is 58.4 Å². The second-order valence-electron chi connectivity index (χ2n) is 9.12. The maximum atomic E-state index is 12.7. The largest absolute Gasteiger partial charge is 0.409 e. The summed E-state index contributed by atoms with van der Waals surface area (Å²) in [5, 5.41) is 0.169. The lowest BCUT2D eigenvalue weighted by Gasteiger charge is -2.39. The number of allylic oxidation sites excluding steroid dienone is 1. The minimum Gasteiger partial charge on any atom is -0.409 e. The van der Waals surface area contributed by atoms with Crippen molar-refractivity contribution in [2.24, 2.45) is 5.92 Å². The molecule has 2 unspecified atom stereocenters. The normalized spacial score (nSPS) is 23.2. The highest BCUT2D eigenvalue weighted by molar-refractivity contribution is 6.74. The number of hydrogen-bond donors (Lipinski definition) is 0. The van der Waals surface area contributed by atoms with Gasteiger partial charge in [0.05, 0.1) is 6.10 Å². The van der Waals surface area contributed by atoms with E-state index in [1.165, 1.54) is 16.7 Å². The molecule has 2 atom stereocenters. The molecule has 0 fully saturated rings. The third-order valence-electron chi connectivity index (χ3n) is 6.37. The zero-order valence-electron chi connectivity index (χ0n) is 16.6. The van der Waals surface area contributed by atoms with E-state index in [-0.39, 0.29) is 17.1 Å². The molecule has 0 amide bonds. The van der Waals surface area contributed by atoms with Crippen LogP contribution in [0.15, 0.2) is 29.8 Å². The summed E-state index contributed by atoms with van der Waals surface area (Å²) >= 11 is 0. The molecule has 25 heavy (non-hydrogen) atoms. The van der Waals surface area contributed by atoms with Gasteiger partial charge in [0.1, 0.15) is 0 Å². The molecule has 1 aromatic rings. The summed E-state index contributed by atoms with van der Waals surface area (Å²) in [7, 11) is -1.90. The number of hydrogen-bond acceptors (Lipinski definition) is 2. The highest BCUT2D eigenvalue weighted by Gasteiger charge is 2.49. The minimum atomic E-state index is -1.90. The molecule has 0 heterocycles. The Labute approximate surface area is 153 Å². The second kappa shape index (κ2) is 6.51. The van der Waals surface area contributed by atoms with Crippen molar-refractivity contribution >= 4 is 19.7 Å². The highest BCUT2D eigenvalue weighted by atomic mass is 28.4. The van der Waals surface area contributed by atoms with Crippen molar-refractivity contribution in [3.63, 3.8) is 0 Å². The first-order chi connectivity index (χ1) is 11.7. The van der Waals surface area contributed by atoms with Crippen LogP contribution in [0, 0.1) is 5.92 Å². The summed E-state index contributed by atoms with van der Waals surface area (Å²) in [5.41, 5.74) is 4.96. The van der Waals surface area contributed by atoms with Crippen molar-refractivity contribution in [2.45, 2.75) is 77.6 Å². The summed E-state index contributed by atoms with van der Waals surface area (Å²) in [6.07, 6.45) is 3.81. The Balaban J connectivity index is 2.03. The maximum absolute atomic E-state index is 12.7. The zero-order valence-corrected chi connectivity index (χ0v) is 17.6. The van der Waals surface area contributed by atoms with Crippen LogP contribution in [0.2, 0.25) is 18.1 Å². The van der Waals surface area contributed by atoms with Gasteiger partial charge < -0.3 is 4.43 Å². The fourth-order valence-corrected chi connectivity index (χ4v) is 5.17. The van der Waals surface area contributed by atoms with Gasteiger partial charge in [-0.15, -0.1) is 0 Å². The van der Waals surface area contributed by atoms with Crippen LogP contribution < -0.4 is 0 Å². The Bertz CT molecular complexity index is 709. The lowest BCUT2D eigenvalue weighted by Crippen LogP contribution is -2.42. The van der Waals surface area contributed by atoms with Crippen LogP contribution in [0.3, 0.4) is 0 Å². The highest BCUT2D eigenvalue weighted by Crippen LogP contribution is 2.56. The first-order valence-electron chi connectivity index (χ1n) is 9.70. The minimum absolute atomic E-state index is 0.0511. The third-order valence-corrected chi connectivity index (χ3v) is 10.8.